The number of fused-ring (bicyclic) bond motifs is 3. The molecule has 26 heavy (non-hydrogen) atoms. The second kappa shape index (κ2) is 8.79. The summed E-state index contributed by atoms with van der Waals surface area (Å²) in [4.78, 5) is 26.1. The van der Waals surface area contributed by atoms with Gasteiger partial charge in [-0.3, -0.25) is 4.40 Å². The van der Waals surface area contributed by atoms with E-state index in [0.29, 0.717) is 23.8 Å². The summed E-state index contributed by atoms with van der Waals surface area (Å²) < 4.78 is 7.03. The van der Waals surface area contributed by atoms with E-state index in [-0.39, 0.29) is 0 Å². The standard InChI is InChI=1S/C17H18N4O2S3/c1-4-23-16(22)11-9-18-17-19-12-7-5-6-8-13(12)21(17)15(11)20-14(24-2)10-26-25-3/h5-9H,4,10H2,1-3H3/b20-14-. The van der Waals surface area contributed by atoms with Crippen molar-refractivity contribution in [2.45, 2.75) is 6.92 Å². The Morgan fingerprint density at radius 3 is 2.85 bits per heavy atom. The zero-order valence-electron chi connectivity index (χ0n) is 14.6. The molecule has 0 aliphatic rings. The molecule has 1 aromatic carbocycles. The predicted octanol–water partition coefficient (Wildman–Crippen LogP) is 4.46. The molecule has 9 heteroatoms. The lowest BCUT2D eigenvalue weighted by atomic mass is 10.3. The number of hydrogen-bond donors (Lipinski definition) is 0. The monoisotopic (exact) mass is 406 g/mol. The number of aliphatic imine (C=N–C) groups is 1. The molecule has 0 radical (unpaired) electrons. The second-order valence-corrected chi connectivity index (χ2v) is 8.53. The molecule has 0 unspecified atom stereocenters. The topological polar surface area (TPSA) is 68.8 Å². The minimum Gasteiger partial charge on any atom is -0.462 e. The van der Waals surface area contributed by atoms with Crippen LogP contribution in [0.4, 0.5) is 5.82 Å². The average Bonchev–Trinajstić information content (AvgIpc) is 3.04. The van der Waals surface area contributed by atoms with E-state index in [2.05, 4.69) is 9.97 Å². The van der Waals surface area contributed by atoms with E-state index in [9.17, 15) is 4.79 Å². The van der Waals surface area contributed by atoms with Crippen LogP contribution in [0.25, 0.3) is 16.8 Å². The van der Waals surface area contributed by atoms with E-state index in [1.807, 2.05) is 41.2 Å². The van der Waals surface area contributed by atoms with E-state index in [0.717, 1.165) is 21.8 Å². The first-order valence-electron chi connectivity index (χ1n) is 7.90. The van der Waals surface area contributed by atoms with E-state index in [1.54, 1.807) is 40.3 Å². The van der Waals surface area contributed by atoms with Crippen LogP contribution in [0.3, 0.4) is 0 Å². The zero-order chi connectivity index (χ0) is 18.5. The number of ether oxygens (including phenoxy) is 1. The van der Waals surface area contributed by atoms with Gasteiger partial charge in [0.1, 0.15) is 5.56 Å². The Morgan fingerprint density at radius 1 is 1.31 bits per heavy atom. The van der Waals surface area contributed by atoms with Crippen LogP contribution < -0.4 is 0 Å². The number of thioether (sulfide) groups is 1. The molecule has 0 atom stereocenters. The van der Waals surface area contributed by atoms with Crippen LogP contribution >= 0.6 is 33.3 Å². The number of hydrogen-bond acceptors (Lipinski definition) is 8. The smallest absolute Gasteiger partial charge is 0.343 e. The predicted molar refractivity (Wildman–Crippen MR) is 113 cm³/mol. The number of imidazole rings is 1. The van der Waals surface area contributed by atoms with Gasteiger partial charge in [0.15, 0.2) is 5.82 Å². The van der Waals surface area contributed by atoms with Crippen LogP contribution in [0.5, 0.6) is 0 Å². The Bertz CT molecular complexity index is 971. The first kappa shape index (κ1) is 19.1. The van der Waals surface area contributed by atoms with E-state index in [1.165, 1.54) is 6.20 Å². The van der Waals surface area contributed by atoms with Crippen LogP contribution in [0.15, 0.2) is 35.5 Å². The van der Waals surface area contributed by atoms with Crippen molar-refractivity contribution in [2.75, 3.05) is 24.9 Å². The van der Waals surface area contributed by atoms with Crippen molar-refractivity contribution in [3.63, 3.8) is 0 Å². The van der Waals surface area contributed by atoms with Gasteiger partial charge in [-0.1, -0.05) is 33.7 Å². The Labute approximate surface area is 163 Å². The second-order valence-electron chi connectivity index (χ2n) is 5.09. The van der Waals surface area contributed by atoms with Gasteiger partial charge in [-0.05, 0) is 31.6 Å². The number of aromatic nitrogens is 3. The molecule has 0 amide bonds. The number of carbonyl (C=O) groups excluding carboxylic acids is 1. The highest BCUT2D eigenvalue weighted by molar-refractivity contribution is 8.76. The first-order valence-corrected chi connectivity index (χ1v) is 11.8. The highest BCUT2D eigenvalue weighted by Crippen LogP contribution is 2.28. The molecule has 2 aromatic heterocycles. The van der Waals surface area contributed by atoms with Crippen molar-refractivity contribution in [1.82, 2.24) is 14.4 Å². The number of benzene rings is 1. The zero-order valence-corrected chi connectivity index (χ0v) is 17.1. The maximum Gasteiger partial charge on any atom is 0.343 e. The fraction of sp³-hybridized carbons (Fsp3) is 0.294. The normalized spacial score (nSPS) is 12.0. The summed E-state index contributed by atoms with van der Waals surface area (Å²) in [5.41, 5.74) is 2.00. The summed E-state index contributed by atoms with van der Waals surface area (Å²) in [6, 6.07) is 7.72. The van der Waals surface area contributed by atoms with E-state index < -0.39 is 5.97 Å². The molecule has 0 bridgehead atoms. The maximum atomic E-state index is 12.5. The van der Waals surface area contributed by atoms with E-state index in [4.69, 9.17) is 9.73 Å². The van der Waals surface area contributed by atoms with Gasteiger partial charge in [0, 0.05) is 6.20 Å². The summed E-state index contributed by atoms with van der Waals surface area (Å²) in [5, 5.41) is 0.917. The maximum absolute atomic E-state index is 12.5. The highest BCUT2D eigenvalue weighted by atomic mass is 33.1. The highest BCUT2D eigenvalue weighted by Gasteiger charge is 2.20. The molecular formula is C17H18N4O2S3. The average molecular weight is 407 g/mol. The van der Waals surface area contributed by atoms with Gasteiger partial charge < -0.3 is 4.74 Å². The number of rotatable bonds is 6. The van der Waals surface area contributed by atoms with Gasteiger partial charge >= 0.3 is 5.97 Å². The third-order valence-electron chi connectivity index (χ3n) is 3.57. The number of para-hydroxylation sites is 2. The number of carbonyl (C=O) groups is 1. The van der Waals surface area contributed by atoms with Crippen LogP contribution in [0, 0.1) is 0 Å². The minimum atomic E-state index is -0.434. The van der Waals surface area contributed by atoms with Gasteiger partial charge in [-0.15, -0.1) is 11.8 Å². The SMILES string of the molecule is CCOC(=O)c1cnc2nc3ccccc3n2c1/N=C(/CSSC)SC. The Hall–Kier alpha value is -1.71. The molecule has 0 aliphatic carbocycles. The lowest BCUT2D eigenvalue weighted by Crippen LogP contribution is -2.09. The van der Waals surface area contributed by atoms with Crippen molar-refractivity contribution in [1.29, 1.82) is 0 Å². The van der Waals surface area contributed by atoms with Crippen LogP contribution in [-0.2, 0) is 4.74 Å². The fourth-order valence-electron chi connectivity index (χ4n) is 2.44. The summed E-state index contributed by atoms with van der Waals surface area (Å²) >= 11 is 1.56. The molecule has 0 saturated carbocycles. The molecule has 0 aliphatic heterocycles. The number of esters is 1. The molecule has 136 valence electrons. The van der Waals surface area contributed by atoms with Gasteiger partial charge in [-0.2, -0.15) is 0 Å². The minimum absolute atomic E-state index is 0.294. The summed E-state index contributed by atoms with van der Waals surface area (Å²) in [6.07, 6.45) is 5.51. The first-order chi connectivity index (χ1) is 12.7. The Kier molecular flexibility index (Phi) is 6.44. The fourth-order valence-corrected chi connectivity index (χ4v) is 4.46. The molecule has 0 fully saturated rings. The molecule has 0 N–H and O–H groups in total. The molecule has 3 aromatic rings. The lowest BCUT2D eigenvalue weighted by molar-refractivity contribution is 0.0526. The van der Waals surface area contributed by atoms with Crippen molar-refractivity contribution >= 4 is 67.0 Å². The molecule has 3 rings (SSSR count). The van der Waals surface area contributed by atoms with Crippen molar-refractivity contribution in [3.05, 3.63) is 36.0 Å². The third kappa shape index (κ3) is 3.84. The Morgan fingerprint density at radius 2 is 2.12 bits per heavy atom. The van der Waals surface area contributed by atoms with Gasteiger partial charge in [-0.25, -0.2) is 19.8 Å². The van der Waals surface area contributed by atoms with Crippen LogP contribution in [0.1, 0.15) is 17.3 Å². The molecule has 6 nitrogen and oxygen atoms in total. The summed E-state index contributed by atoms with van der Waals surface area (Å²) in [7, 11) is 3.39. The lowest BCUT2D eigenvalue weighted by Gasteiger charge is -2.10. The third-order valence-corrected chi connectivity index (χ3v) is 6.14. The van der Waals surface area contributed by atoms with Crippen molar-refractivity contribution in [2.24, 2.45) is 4.99 Å². The summed E-state index contributed by atoms with van der Waals surface area (Å²) in [6.45, 7) is 2.07. The molecule has 2 heterocycles. The quantitative estimate of drug-likeness (QED) is 0.259. The Balaban J connectivity index is 2.28. The molecular weight excluding hydrogens is 388 g/mol. The van der Waals surface area contributed by atoms with Crippen molar-refractivity contribution < 1.29 is 9.53 Å². The molecule has 0 saturated heterocycles. The van der Waals surface area contributed by atoms with E-state index >= 15 is 0 Å². The van der Waals surface area contributed by atoms with Crippen molar-refractivity contribution in [3.8, 4) is 0 Å². The van der Waals surface area contributed by atoms with Gasteiger partial charge in [0.05, 0.1) is 28.4 Å². The summed E-state index contributed by atoms with van der Waals surface area (Å²) in [5.74, 6) is 1.33. The van der Waals surface area contributed by atoms with Gasteiger partial charge in [0.2, 0.25) is 5.78 Å². The molecule has 0 spiro atoms. The largest absolute Gasteiger partial charge is 0.462 e. The van der Waals surface area contributed by atoms with Gasteiger partial charge in [0.25, 0.3) is 0 Å². The van der Waals surface area contributed by atoms with Crippen LogP contribution in [-0.4, -0.2) is 50.3 Å². The number of nitrogens with zero attached hydrogens (tertiary/aromatic N) is 4. The van der Waals surface area contributed by atoms with Crippen LogP contribution in [0.2, 0.25) is 0 Å².